The molecule has 2 rings (SSSR count). The third-order valence-corrected chi connectivity index (χ3v) is 3.25. The van der Waals surface area contributed by atoms with Crippen LogP contribution >= 0.6 is 0 Å². The van der Waals surface area contributed by atoms with E-state index in [2.05, 4.69) is 10.2 Å². The Bertz CT molecular complexity index is 718. The number of methoxy groups -OCH3 is 1. The highest BCUT2D eigenvalue weighted by Crippen LogP contribution is 2.11. The number of hydrogen-bond acceptors (Lipinski definition) is 5. The smallest absolute Gasteiger partial charge is 0.277 e. The van der Waals surface area contributed by atoms with Crippen LogP contribution in [0.3, 0.4) is 0 Å². The van der Waals surface area contributed by atoms with E-state index in [-0.39, 0.29) is 24.5 Å². The summed E-state index contributed by atoms with van der Waals surface area (Å²) >= 11 is 0. The van der Waals surface area contributed by atoms with Crippen LogP contribution < -0.4 is 10.3 Å². The molecule has 128 valence electrons. The Balaban J connectivity index is 1.99. The molecule has 0 fully saturated rings. The summed E-state index contributed by atoms with van der Waals surface area (Å²) in [6.07, 6.45) is 1.35. The minimum atomic E-state index is -0.552. The van der Waals surface area contributed by atoms with Gasteiger partial charge in [0.05, 0.1) is 13.2 Å². The minimum absolute atomic E-state index is 0.00267. The number of halogens is 1. The summed E-state index contributed by atoms with van der Waals surface area (Å²) in [4.78, 5) is 25.6. The Morgan fingerprint density at radius 1 is 1.21 bits per heavy atom. The molecule has 0 aliphatic carbocycles. The van der Waals surface area contributed by atoms with E-state index < -0.39 is 11.5 Å². The van der Waals surface area contributed by atoms with E-state index in [1.807, 2.05) is 0 Å². The van der Waals surface area contributed by atoms with Gasteiger partial charge >= 0.3 is 0 Å². The zero-order valence-corrected chi connectivity index (χ0v) is 13.2. The fourth-order valence-electron chi connectivity index (χ4n) is 2.00. The van der Waals surface area contributed by atoms with E-state index in [0.717, 1.165) is 0 Å². The number of aromatic amines is 1. The SMILES string of the molecule is COCCN(CCOc1ccc(F)cc1)C(=O)c1ccn[nH]c1=O. The van der Waals surface area contributed by atoms with Crippen molar-refractivity contribution in [3.05, 3.63) is 58.3 Å². The van der Waals surface area contributed by atoms with Crippen molar-refractivity contribution in [2.45, 2.75) is 0 Å². The van der Waals surface area contributed by atoms with Gasteiger partial charge in [0.25, 0.3) is 11.5 Å². The van der Waals surface area contributed by atoms with Crippen LogP contribution in [0.15, 0.2) is 41.3 Å². The number of carbonyl (C=O) groups excluding carboxylic acids is 1. The molecule has 0 saturated heterocycles. The molecule has 7 nitrogen and oxygen atoms in total. The predicted molar refractivity (Wildman–Crippen MR) is 84.5 cm³/mol. The third kappa shape index (κ3) is 4.88. The highest BCUT2D eigenvalue weighted by molar-refractivity contribution is 5.93. The van der Waals surface area contributed by atoms with Crippen LogP contribution in [-0.4, -0.2) is 54.4 Å². The van der Waals surface area contributed by atoms with Crippen LogP contribution in [0.2, 0.25) is 0 Å². The lowest BCUT2D eigenvalue weighted by atomic mass is 10.2. The summed E-state index contributed by atoms with van der Waals surface area (Å²) in [5, 5.41) is 5.80. The van der Waals surface area contributed by atoms with Gasteiger partial charge in [0.15, 0.2) is 0 Å². The van der Waals surface area contributed by atoms with E-state index in [1.165, 1.54) is 48.5 Å². The number of aromatic nitrogens is 2. The van der Waals surface area contributed by atoms with Gasteiger partial charge in [0.2, 0.25) is 0 Å². The molecule has 2 aromatic rings. The second-order valence-corrected chi connectivity index (χ2v) is 4.89. The Hall–Kier alpha value is -2.74. The molecule has 1 aromatic heterocycles. The summed E-state index contributed by atoms with van der Waals surface area (Å²) in [5.74, 6) is -0.285. The first-order valence-corrected chi connectivity index (χ1v) is 7.32. The standard InChI is InChI=1S/C16H18FN3O4/c1-23-10-8-20(16(22)14-6-7-18-19-15(14)21)9-11-24-13-4-2-12(17)3-5-13/h2-7H,8-11H2,1H3,(H,19,21). The van der Waals surface area contributed by atoms with Crippen molar-refractivity contribution in [3.8, 4) is 5.75 Å². The molecule has 1 N–H and O–H groups in total. The lowest BCUT2D eigenvalue weighted by Crippen LogP contribution is -2.39. The van der Waals surface area contributed by atoms with Crippen LogP contribution in [0.25, 0.3) is 0 Å². The Morgan fingerprint density at radius 3 is 2.58 bits per heavy atom. The zero-order valence-electron chi connectivity index (χ0n) is 13.2. The molecule has 1 amide bonds. The molecule has 0 unspecified atom stereocenters. The molecular weight excluding hydrogens is 317 g/mol. The van der Waals surface area contributed by atoms with E-state index in [9.17, 15) is 14.0 Å². The summed E-state index contributed by atoms with van der Waals surface area (Å²) in [6, 6.07) is 6.95. The number of amides is 1. The van der Waals surface area contributed by atoms with Crippen molar-refractivity contribution in [1.29, 1.82) is 0 Å². The van der Waals surface area contributed by atoms with Crippen molar-refractivity contribution >= 4 is 5.91 Å². The average Bonchev–Trinajstić information content (AvgIpc) is 2.59. The van der Waals surface area contributed by atoms with Crippen LogP contribution in [0.4, 0.5) is 4.39 Å². The van der Waals surface area contributed by atoms with E-state index >= 15 is 0 Å². The Morgan fingerprint density at radius 2 is 1.92 bits per heavy atom. The summed E-state index contributed by atoms with van der Waals surface area (Å²) < 4.78 is 23.3. The molecule has 0 atom stereocenters. The van der Waals surface area contributed by atoms with Crippen molar-refractivity contribution in [1.82, 2.24) is 15.1 Å². The number of H-pyrrole nitrogens is 1. The molecule has 0 spiro atoms. The van der Waals surface area contributed by atoms with Gasteiger partial charge in [-0.2, -0.15) is 5.10 Å². The number of carbonyl (C=O) groups is 1. The lowest BCUT2D eigenvalue weighted by molar-refractivity contribution is 0.0663. The van der Waals surface area contributed by atoms with Gasteiger partial charge in [-0.25, -0.2) is 9.49 Å². The monoisotopic (exact) mass is 335 g/mol. The highest BCUT2D eigenvalue weighted by atomic mass is 19.1. The van der Waals surface area contributed by atoms with Crippen molar-refractivity contribution in [2.75, 3.05) is 33.4 Å². The first-order chi connectivity index (χ1) is 11.6. The zero-order chi connectivity index (χ0) is 17.4. The molecule has 8 heteroatoms. The fourth-order valence-corrected chi connectivity index (χ4v) is 2.00. The van der Waals surface area contributed by atoms with Gasteiger partial charge in [0.1, 0.15) is 23.7 Å². The number of ether oxygens (including phenoxy) is 2. The number of rotatable bonds is 8. The normalized spacial score (nSPS) is 10.4. The van der Waals surface area contributed by atoms with Crippen LogP contribution in [0.1, 0.15) is 10.4 Å². The molecule has 1 aromatic carbocycles. The van der Waals surface area contributed by atoms with Crippen molar-refractivity contribution in [3.63, 3.8) is 0 Å². The summed E-state index contributed by atoms with van der Waals surface area (Å²) in [5.41, 5.74) is -0.549. The Labute approximate surface area is 138 Å². The van der Waals surface area contributed by atoms with Crippen LogP contribution in [0, 0.1) is 5.82 Å². The van der Waals surface area contributed by atoms with Crippen molar-refractivity contribution in [2.24, 2.45) is 0 Å². The average molecular weight is 335 g/mol. The molecule has 0 bridgehead atoms. The van der Waals surface area contributed by atoms with Gasteiger partial charge in [0, 0.05) is 19.9 Å². The minimum Gasteiger partial charge on any atom is -0.492 e. The number of benzene rings is 1. The second-order valence-electron chi connectivity index (χ2n) is 4.89. The number of nitrogens with zero attached hydrogens (tertiary/aromatic N) is 2. The largest absolute Gasteiger partial charge is 0.492 e. The quantitative estimate of drug-likeness (QED) is 0.780. The molecule has 0 aliphatic heterocycles. The fraction of sp³-hybridized carbons (Fsp3) is 0.312. The Kier molecular flexibility index (Phi) is 6.44. The number of hydrogen-bond donors (Lipinski definition) is 1. The first-order valence-electron chi connectivity index (χ1n) is 7.32. The maximum absolute atomic E-state index is 12.8. The van der Waals surface area contributed by atoms with Gasteiger partial charge < -0.3 is 14.4 Å². The predicted octanol–water partition coefficient (Wildman–Crippen LogP) is 1.08. The van der Waals surface area contributed by atoms with E-state index in [1.54, 1.807) is 0 Å². The highest BCUT2D eigenvalue weighted by Gasteiger charge is 2.18. The van der Waals surface area contributed by atoms with Crippen molar-refractivity contribution < 1.29 is 18.7 Å². The summed E-state index contributed by atoms with van der Waals surface area (Å²) in [6.45, 7) is 1.08. The molecule has 24 heavy (non-hydrogen) atoms. The third-order valence-electron chi connectivity index (χ3n) is 3.25. The topological polar surface area (TPSA) is 84.5 Å². The van der Waals surface area contributed by atoms with Crippen LogP contribution in [-0.2, 0) is 4.74 Å². The van der Waals surface area contributed by atoms with Gasteiger partial charge in [-0.1, -0.05) is 0 Å². The first kappa shape index (κ1) is 17.6. The molecule has 1 heterocycles. The second kappa shape index (κ2) is 8.78. The van der Waals surface area contributed by atoms with Gasteiger partial charge in [-0.05, 0) is 30.3 Å². The molecule has 0 saturated carbocycles. The molecule has 0 radical (unpaired) electrons. The maximum Gasteiger partial charge on any atom is 0.277 e. The molecule has 0 aliphatic rings. The van der Waals surface area contributed by atoms with Crippen LogP contribution in [0.5, 0.6) is 5.75 Å². The van der Waals surface area contributed by atoms with Gasteiger partial charge in [-0.15, -0.1) is 0 Å². The number of nitrogens with one attached hydrogen (secondary N) is 1. The maximum atomic E-state index is 12.8. The van der Waals surface area contributed by atoms with E-state index in [0.29, 0.717) is 18.9 Å². The molecular formula is C16H18FN3O4. The lowest BCUT2D eigenvalue weighted by Gasteiger charge is -2.22. The van der Waals surface area contributed by atoms with E-state index in [4.69, 9.17) is 9.47 Å². The summed E-state index contributed by atoms with van der Waals surface area (Å²) in [7, 11) is 1.52. The van der Waals surface area contributed by atoms with Gasteiger partial charge in [-0.3, -0.25) is 9.59 Å².